The molecule has 1 atom stereocenters. The second-order valence-corrected chi connectivity index (χ2v) is 9.86. The smallest absolute Gasteiger partial charge is 0.282 e. The van der Waals surface area contributed by atoms with E-state index in [0.29, 0.717) is 31.1 Å². The van der Waals surface area contributed by atoms with E-state index in [0.717, 1.165) is 23.4 Å². The van der Waals surface area contributed by atoms with Gasteiger partial charge in [0.25, 0.3) is 5.91 Å². The van der Waals surface area contributed by atoms with Crippen molar-refractivity contribution in [3.63, 3.8) is 0 Å². The van der Waals surface area contributed by atoms with E-state index in [1.807, 2.05) is 19.1 Å². The van der Waals surface area contributed by atoms with Gasteiger partial charge in [-0.05, 0) is 61.6 Å². The number of amides is 1. The molecule has 0 saturated carbocycles. The third kappa shape index (κ3) is 4.22. The third-order valence-electron chi connectivity index (χ3n) is 6.12. The molecule has 154 valence electrons. The van der Waals surface area contributed by atoms with Crippen LogP contribution in [0.2, 0.25) is 0 Å². The number of rotatable bonds is 5. The lowest BCUT2D eigenvalue weighted by atomic mass is 10.1. The van der Waals surface area contributed by atoms with Gasteiger partial charge >= 0.3 is 0 Å². The standard InChI is InChI=1S/C22H27N3O3S/c1-17(22(26)23-20-11-10-18-6-5-7-19(18)16-20)24-12-14-25(15-13-24)29(27,28)21-8-3-2-4-9-21/h2-4,8-11,16-17H,5-7,12-15H2,1H3,(H,23,26)/p+1/t17-/m1/s1. The van der Waals surface area contributed by atoms with Gasteiger partial charge in [0.15, 0.2) is 6.04 Å². The normalized spacial score (nSPS) is 18.9. The fourth-order valence-corrected chi connectivity index (χ4v) is 5.74. The number of hydrogen-bond acceptors (Lipinski definition) is 3. The summed E-state index contributed by atoms with van der Waals surface area (Å²) in [5.41, 5.74) is 3.58. The molecule has 7 heteroatoms. The molecule has 2 aromatic rings. The summed E-state index contributed by atoms with van der Waals surface area (Å²) in [4.78, 5) is 14.2. The van der Waals surface area contributed by atoms with Crippen LogP contribution in [0.4, 0.5) is 5.69 Å². The topological polar surface area (TPSA) is 70.9 Å². The number of quaternary nitrogens is 1. The first-order valence-corrected chi connectivity index (χ1v) is 11.7. The molecule has 1 aliphatic heterocycles. The van der Waals surface area contributed by atoms with Gasteiger partial charge in [-0.1, -0.05) is 24.3 Å². The molecule has 29 heavy (non-hydrogen) atoms. The first-order valence-electron chi connectivity index (χ1n) is 10.3. The summed E-state index contributed by atoms with van der Waals surface area (Å²) in [6.07, 6.45) is 3.39. The van der Waals surface area contributed by atoms with E-state index in [2.05, 4.69) is 17.4 Å². The van der Waals surface area contributed by atoms with Crippen LogP contribution in [0.3, 0.4) is 0 Å². The molecule has 0 radical (unpaired) electrons. The number of piperazine rings is 1. The molecule has 6 nitrogen and oxygen atoms in total. The highest BCUT2D eigenvalue weighted by Crippen LogP contribution is 2.24. The highest BCUT2D eigenvalue weighted by atomic mass is 32.2. The molecule has 0 aromatic heterocycles. The number of aryl methyl sites for hydroxylation is 2. The number of fused-ring (bicyclic) bond motifs is 1. The Balaban J connectivity index is 1.35. The Morgan fingerprint density at radius 2 is 1.72 bits per heavy atom. The molecule has 1 amide bonds. The number of carbonyl (C=O) groups is 1. The maximum Gasteiger partial charge on any atom is 0.282 e. The van der Waals surface area contributed by atoms with Crippen molar-refractivity contribution in [2.75, 3.05) is 31.5 Å². The van der Waals surface area contributed by atoms with Gasteiger partial charge in [-0.15, -0.1) is 0 Å². The van der Waals surface area contributed by atoms with E-state index in [1.54, 1.807) is 24.3 Å². The monoisotopic (exact) mass is 414 g/mol. The van der Waals surface area contributed by atoms with Gasteiger partial charge in [0, 0.05) is 5.69 Å². The summed E-state index contributed by atoms with van der Waals surface area (Å²) < 4.78 is 27.1. The van der Waals surface area contributed by atoms with Gasteiger partial charge < -0.3 is 10.2 Å². The summed E-state index contributed by atoms with van der Waals surface area (Å²) >= 11 is 0. The summed E-state index contributed by atoms with van der Waals surface area (Å²) in [7, 11) is -3.47. The van der Waals surface area contributed by atoms with E-state index in [-0.39, 0.29) is 11.9 Å². The third-order valence-corrected chi connectivity index (χ3v) is 8.03. The second kappa shape index (κ2) is 8.26. The van der Waals surface area contributed by atoms with Crippen molar-refractivity contribution < 1.29 is 18.1 Å². The molecule has 0 bridgehead atoms. The van der Waals surface area contributed by atoms with E-state index in [9.17, 15) is 13.2 Å². The fourth-order valence-electron chi connectivity index (χ4n) is 4.27. The Kier molecular flexibility index (Phi) is 5.72. The molecule has 1 saturated heterocycles. The molecule has 2 N–H and O–H groups in total. The summed E-state index contributed by atoms with van der Waals surface area (Å²) in [5.74, 6) is -0.0164. The Morgan fingerprint density at radius 3 is 2.45 bits per heavy atom. The predicted molar refractivity (Wildman–Crippen MR) is 112 cm³/mol. The number of nitrogens with zero attached hydrogens (tertiary/aromatic N) is 1. The fraction of sp³-hybridized carbons (Fsp3) is 0.409. The van der Waals surface area contributed by atoms with Crippen molar-refractivity contribution in [2.45, 2.75) is 37.1 Å². The van der Waals surface area contributed by atoms with Crippen LogP contribution in [0.1, 0.15) is 24.5 Å². The quantitative estimate of drug-likeness (QED) is 0.770. The van der Waals surface area contributed by atoms with E-state index >= 15 is 0 Å². The maximum absolute atomic E-state index is 12.8. The Bertz CT molecular complexity index is 984. The lowest BCUT2D eigenvalue weighted by Gasteiger charge is -2.34. The molecule has 1 fully saturated rings. The molecule has 0 spiro atoms. The molecule has 2 aliphatic rings. The minimum Gasteiger partial charge on any atom is -0.323 e. The van der Waals surface area contributed by atoms with E-state index in [1.165, 1.54) is 21.9 Å². The van der Waals surface area contributed by atoms with Crippen molar-refractivity contribution in [3.8, 4) is 0 Å². The first-order chi connectivity index (χ1) is 13.9. The number of carbonyl (C=O) groups excluding carboxylic acids is 1. The zero-order chi connectivity index (χ0) is 20.4. The van der Waals surface area contributed by atoms with Crippen LogP contribution in [0, 0.1) is 0 Å². The van der Waals surface area contributed by atoms with Crippen LogP contribution in [0.15, 0.2) is 53.4 Å². The summed E-state index contributed by atoms with van der Waals surface area (Å²) in [6, 6.07) is 14.5. The van der Waals surface area contributed by atoms with Crippen molar-refractivity contribution in [1.29, 1.82) is 0 Å². The molecule has 4 rings (SSSR count). The predicted octanol–water partition coefficient (Wildman–Crippen LogP) is 1.09. The van der Waals surface area contributed by atoms with Crippen LogP contribution in [0.5, 0.6) is 0 Å². The highest BCUT2D eigenvalue weighted by molar-refractivity contribution is 7.89. The molecule has 1 aliphatic carbocycles. The number of anilines is 1. The summed E-state index contributed by atoms with van der Waals surface area (Å²) in [5, 5.41) is 3.04. The zero-order valence-electron chi connectivity index (χ0n) is 16.7. The average molecular weight is 415 g/mol. The van der Waals surface area contributed by atoms with Crippen LogP contribution in [-0.4, -0.2) is 50.9 Å². The maximum atomic E-state index is 12.8. The number of nitrogens with one attached hydrogen (secondary N) is 2. The minimum absolute atomic E-state index is 0.0164. The van der Waals surface area contributed by atoms with Gasteiger partial charge in [-0.25, -0.2) is 8.42 Å². The van der Waals surface area contributed by atoms with Gasteiger partial charge in [0.1, 0.15) is 0 Å². The van der Waals surface area contributed by atoms with Crippen LogP contribution in [0.25, 0.3) is 0 Å². The Labute approximate surface area is 172 Å². The Morgan fingerprint density at radius 1 is 1.03 bits per heavy atom. The minimum atomic E-state index is -3.47. The highest BCUT2D eigenvalue weighted by Gasteiger charge is 2.34. The van der Waals surface area contributed by atoms with Gasteiger partial charge in [0.2, 0.25) is 10.0 Å². The average Bonchev–Trinajstić information content (AvgIpc) is 3.22. The van der Waals surface area contributed by atoms with Crippen LogP contribution < -0.4 is 10.2 Å². The lowest BCUT2D eigenvalue weighted by molar-refractivity contribution is -0.917. The lowest BCUT2D eigenvalue weighted by Crippen LogP contribution is -3.19. The van der Waals surface area contributed by atoms with Crippen molar-refractivity contribution >= 4 is 21.6 Å². The first kappa shape index (κ1) is 20.1. The van der Waals surface area contributed by atoms with Gasteiger partial charge in [-0.2, -0.15) is 4.31 Å². The molecule has 1 heterocycles. The van der Waals surface area contributed by atoms with Gasteiger partial charge in [0.05, 0.1) is 31.1 Å². The molecular formula is C22H28N3O3S+. The largest absolute Gasteiger partial charge is 0.323 e. The van der Waals surface area contributed by atoms with E-state index in [4.69, 9.17) is 0 Å². The second-order valence-electron chi connectivity index (χ2n) is 7.92. The molecule has 2 aromatic carbocycles. The van der Waals surface area contributed by atoms with Crippen LogP contribution in [-0.2, 0) is 27.7 Å². The molecule has 0 unspecified atom stereocenters. The summed E-state index contributed by atoms with van der Waals surface area (Å²) in [6.45, 7) is 3.99. The van der Waals surface area contributed by atoms with Crippen molar-refractivity contribution in [3.05, 3.63) is 59.7 Å². The van der Waals surface area contributed by atoms with Gasteiger partial charge in [-0.3, -0.25) is 4.79 Å². The SMILES string of the molecule is C[C@H](C(=O)Nc1ccc2c(c1)CCC2)[NH+]1CCN(S(=O)(=O)c2ccccc2)CC1. The van der Waals surface area contributed by atoms with Crippen molar-refractivity contribution in [1.82, 2.24) is 4.31 Å². The zero-order valence-corrected chi connectivity index (χ0v) is 17.5. The number of benzene rings is 2. The number of hydrogen-bond donors (Lipinski definition) is 2. The number of sulfonamides is 1. The van der Waals surface area contributed by atoms with Crippen molar-refractivity contribution in [2.24, 2.45) is 0 Å². The van der Waals surface area contributed by atoms with Crippen LogP contribution >= 0.6 is 0 Å². The van der Waals surface area contributed by atoms with E-state index < -0.39 is 10.0 Å². The molecular weight excluding hydrogens is 386 g/mol. The Hall–Kier alpha value is -2.22.